The Kier molecular flexibility index (Phi) is 6.58. The summed E-state index contributed by atoms with van der Waals surface area (Å²) in [6.07, 6.45) is 0.00857. The van der Waals surface area contributed by atoms with Gasteiger partial charge < -0.3 is 16.8 Å². The number of aryl methyl sites for hydroxylation is 1. The number of nitrogens with two attached hydrogens (primary N) is 2. The quantitative estimate of drug-likeness (QED) is 0.547. The van der Waals surface area contributed by atoms with Crippen molar-refractivity contribution in [2.24, 2.45) is 11.5 Å². The van der Waals surface area contributed by atoms with Gasteiger partial charge in [-0.3, -0.25) is 0 Å². The molecule has 0 spiro atoms. The number of hydrogen-bond donors (Lipinski definition) is 3. The third kappa shape index (κ3) is 6.15. The van der Waals surface area contributed by atoms with E-state index in [-0.39, 0.29) is 12.1 Å². The number of urea groups is 1. The van der Waals surface area contributed by atoms with Crippen LogP contribution in [0.1, 0.15) is 17.5 Å². The highest BCUT2D eigenvalue weighted by Crippen LogP contribution is 2.32. The largest absolute Gasteiger partial charge is 0.419 e. The summed E-state index contributed by atoms with van der Waals surface area (Å²) in [5.74, 6) is -1.32. The number of amides is 2. The first-order valence-corrected chi connectivity index (χ1v) is 6.83. The van der Waals surface area contributed by atoms with Crippen molar-refractivity contribution in [3.05, 3.63) is 71.3 Å². The van der Waals surface area contributed by atoms with Crippen LogP contribution in [0.3, 0.4) is 0 Å². The summed E-state index contributed by atoms with van der Waals surface area (Å²) >= 11 is 0. The molecule has 0 aliphatic carbocycles. The van der Waals surface area contributed by atoms with E-state index < -0.39 is 23.6 Å². The second-order valence-electron chi connectivity index (χ2n) is 4.90. The molecule has 0 saturated heterocycles. The maximum absolute atomic E-state index is 13.3. The van der Waals surface area contributed by atoms with Gasteiger partial charge in [0, 0.05) is 5.70 Å². The van der Waals surface area contributed by atoms with Crippen LogP contribution in [0.25, 0.3) is 0 Å². The van der Waals surface area contributed by atoms with Crippen LogP contribution < -0.4 is 16.8 Å². The van der Waals surface area contributed by atoms with Gasteiger partial charge in [-0.25, -0.2) is 9.18 Å². The van der Waals surface area contributed by atoms with E-state index in [4.69, 9.17) is 11.5 Å². The molecule has 0 aromatic heterocycles. The molecule has 8 heteroatoms. The molecule has 0 fully saturated rings. The van der Waals surface area contributed by atoms with Gasteiger partial charge in [-0.15, -0.1) is 0 Å². The molecule has 0 aliphatic rings. The van der Waals surface area contributed by atoms with Gasteiger partial charge in [0.15, 0.2) is 0 Å². The maximum atomic E-state index is 13.3. The second-order valence-corrected chi connectivity index (χ2v) is 4.90. The molecule has 1 aromatic rings. The lowest BCUT2D eigenvalue weighted by molar-refractivity contribution is -0.140. The fourth-order valence-electron chi connectivity index (χ4n) is 1.98. The maximum Gasteiger partial charge on any atom is 0.419 e. The van der Waals surface area contributed by atoms with Crippen LogP contribution in [0.4, 0.5) is 22.4 Å². The second kappa shape index (κ2) is 8.19. The lowest BCUT2D eigenvalue weighted by Gasteiger charge is -2.10. The highest BCUT2D eigenvalue weighted by atomic mass is 19.4. The SMILES string of the molecule is C=C(/C=C(\C=C/N)CCc1ccc(F)c(C(F)(F)F)c1)NC(N)=O. The van der Waals surface area contributed by atoms with Crippen molar-refractivity contribution in [3.63, 3.8) is 0 Å². The number of allylic oxidation sites excluding steroid dienone is 3. The summed E-state index contributed by atoms with van der Waals surface area (Å²) in [5, 5.41) is 2.26. The first-order chi connectivity index (χ1) is 11.1. The Bertz CT molecular complexity index is 678. The Balaban J connectivity index is 2.90. The van der Waals surface area contributed by atoms with Gasteiger partial charge in [0.1, 0.15) is 5.82 Å². The molecule has 5 N–H and O–H groups in total. The molecule has 130 valence electrons. The smallest absolute Gasteiger partial charge is 0.405 e. The van der Waals surface area contributed by atoms with Crippen molar-refractivity contribution >= 4 is 6.03 Å². The van der Waals surface area contributed by atoms with Crippen LogP contribution in [0, 0.1) is 5.82 Å². The molecule has 0 saturated carbocycles. The summed E-state index contributed by atoms with van der Waals surface area (Å²) in [7, 11) is 0. The zero-order chi connectivity index (χ0) is 18.3. The first kappa shape index (κ1) is 19.3. The number of hydrogen-bond acceptors (Lipinski definition) is 2. The van der Waals surface area contributed by atoms with E-state index >= 15 is 0 Å². The van der Waals surface area contributed by atoms with Crippen molar-refractivity contribution < 1.29 is 22.4 Å². The van der Waals surface area contributed by atoms with Crippen molar-refractivity contribution in [2.75, 3.05) is 0 Å². The van der Waals surface area contributed by atoms with Crippen LogP contribution in [-0.4, -0.2) is 6.03 Å². The van der Waals surface area contributed by atoms with Crippen molar-refractivity contribution in [3.8, 4) is 0 Å². The third-order valence-electron chi connectivity index (χ3n) is 2.99. The average molecular weight is 343 g/mol. The molecule has 0 unspecified atom stereocenters. The van der Waals surface area contributed by atoms with Crippen LogP contribution in [0.2, 0.25) is 0 Å². The molecular weight excluding hydrogens is 326 g/mol. The van der Waals surface area contributed by atoms with E-state index in [1.54, 1.807) is 0 Å². The molecule has 0 radical (unpaired) electrons. The third-order valence-corrected chi connectivity index (χ3v) is 2.99. The first-order valence-electron chi connectivity index (χ1n) is 6.83. The monoisotopic (exact) mass is 343 g/mol. The van der Waals surface area contributed by atoms with Crippen LogP contribution >= 0.6 is 0 Å². The van der Waals surface area contributed by atoms with E-state index in [9.17, 15) is 22.4 Å². The molecule has 2 amide bonds. The Labute approximate surface area is 136 Å². The predicted molar refractivity (Wildman–Crippen MR) is 83.0 cm³/mol. The summed E-state index contributed by atoms with van der Waals surface area (Å²) in [4.78, 5) is 10.7. The lowest BCUT2D eigenvalue weighted by Crippen LogP contribution is -2.27. The fourth-order valence-corrected chi connectivity index (χ4v) is 1.98. The van der Waals surface area contributed by atoms with Gasteiger partial charge in [0.2, 0.25) is 0 Å². The Morgan fingerprint density at radius 1 is 1.33 bits per heavy atom. The minimum atomic E-state index is -4.75. The van der Waals surface area contributed by atoms with Gasteiger partial charge in [-0.2, -0.15) is 13.2 Å². The number of carbonyl (C=O) groups is 1. The highest BCUT2D eigenvalue weighted by Gasteiger charge is 2.34. The molecule has 24 heavy (non-hydrogen) atoms. The highest BCUT2D eigenvalue weighted by molar-refractivity contribution is 5.74. The number of primary amides is 1. The number of rotatable bonds is 6. The molecule has 0 atom stereocenters. The van der Waals surface area contributed by atoms with E-state index in [1.165, 1.54) is 24.4 Å². The van der Waals surface area contributed by atoms with Crippen LogP contribution in [-0.2, 0) is 12.6 Å². The summed E-state index contributed by atoms with van der Waals surface area (Å²) in [5.41, 5.74) is 10.1. The van der Waals surface area contributed by atoms with Crippen molar-refractivity contribution in [1.29, 1.82) is 0 Å². The predicted octanol–water partition coefficient (Wildman–Crippen LogP) is 3.36. The molecule has 1 aromatic carbocycles. The van der Waals surface area contributed by atoms with Gasteiger partial charge in [-0.1, -0.05) is 12.6 Å². The minimum Gasteiger partial charge on any atom is -0.405 e. The molecule has 4 nitrogen and oxygen atoms in total. The van der Waals surface area contributed by atoms with Gasteiger partial charge >= 0.3 is 12.2 Å². The molecule has 0 aliphatic heterocycles. The Morgan fingerprint density at radius 2 is 2.00 bits per heavy atom. The number of halogens is 4. The zero-order valence-electron chi connectivity index (χ0n) is 12.7. The topological polar surface area (TPSA) is 81.1 Å². The number of benzene rings is 1. The van der Waals surface area contributed by atoms with E-state index in [0.717, 1.165) is 12.1 Å². The van der Waals surface area contributed by atoms with Gasteiger partial charge in [-0.05, 0) is 54.5 Å². The van der Waals surface area contributed by atoms with Gasteiger partial charge in [0.05, 0.1) is 5.56 Å². The normalized spacial score (nSPS) is 12.4. The van der Waals surface area contributed by atoms with E-state index in [1.807, 2.05) is 0 Å². The lowest BCUT2D eigenvalue weighted by atomic mass is 10.0. The molecule has 0 heterocycles. The van der Waals surface area contributed by atoms with Crippen molar-refractivity contribution in [2.45, 2.75) is 19.0 Å². The number of carbonyl (C=O) groups excluding carboxylic acids is 1. The molecular formula is C16H17F4N3O. The number of nitrogens with one attached hydrogen (secondary N) is 1. The molecule has 0 bridgehead atoms. The minimum absolute atomic E-state index is 0.212. The molecule has 1 rings (SSSR count). The average Bonchev–Trinajstić information content (AvgIpc) is 2.44. The summed E-state index contributed by atoms with van der Waals surface area (Å²) < 4.78 is 51.4. The standard InChI is InChI=1S/C16H17F4N3O/c1-10(23-15(22)24)8-12(6-7-21)3-2-11-4-5-14(17)13(9-11)16(18,19)20/h4-9H,1-3,21H2,(H3,22,23,24)/b7-6-,12-8-. The number of alkyl halides is 3. The zero-order valence-corrected chi connectivity index (χ0v) is 12.7. The summed E-state index contributed by atoms with van der Waals surface area (Å²) in [6, 6.07) is 2.05. The van der Waals surface area contributed by atoms with Gasteiger partial charge in [0.25, 0.3) is 0 Å². The van der Waals surface area contributed by atoms with E-state index in [2.05, 4.69) is 11.9 Å². The fraction of sp³-hybridized carbons (Fsp3) is 0.188. The van der Waals surface area contributed by atoms with E-state index in [0.29, 0.717) is 17.6 Å². The van der Waals surface area contributed by atoms with Crippen LogP contribution in [0.15, 0.2) is 54.4 Å². The Hall–Kier alpha value is -2.77. The summed E-state index contributed by atoms with van der Waals surface area (Å²) in [6.45, 7) is 3.57. The Morgan fingerprint density at radius 3 is 2.54 bits per heavy atom. The van der Waals surface area contributed by atoms with Crippen molar-refractivity contribution in [1.82, 2.24) is 5.32 Å². The van der Waals surface area contributed by atoms with Crippen LogP contribution in [0.5, 0.6) is 0 Å².